The Bertz CT molecular complexity index is 456. The van der Waals surface area contributed by atoms with E-state index in [1.165, 1.54) is 25.7 Å². The van der Waals surface area contributed by atoms with Gasteiger partial charge in [0.1, 0.15) is 6.07 Å². The van der Waals surface area contributed by atoms with Gasteiger partial charge < -0.3 is 11.1 Å². The molecule has 0 aliphatic heterocycles. The number of pyridine rings is 1. The summed E-state index contributed by atoms with van der Waals surface area (Å²) in [6.07, 6.45) is 8.17. The van der Waals surface area contributed by atoms with Crippen molar-refractivity contribution in [1.82, 2.24) is 4.98 Å². The zero-order valence-electron chi connectivity index (χ0n) is 11.5. The number of nitrogens with two attached hydrogens (primary N) is 1. The molecule has 1 aromatic heterocycles. The molecule has 0 atom stereocenters. The summed E-state index contributed by atoms with van der Waals surface area (Å²) in [7, 11) is 0. The van der Waals surface area contributed by atoms with E-state index < -0.39 is 0 Å². The number of hydrogen-bond donors (Lipinski definition) is 2. The molecule has 0 unspecified atom stereocenters. The molecule has 0 aromatic carbocycles. The van der Waals surface area contributed by atoms with Gasteiger partial charge in [-0.15, -0.1) is 0 Å². The fourth-order valence-electron chi connectivity index (χ4n) is 2.72. The molecule has 1 heterocycles. The minimum absolute atomic E-state index is 0.460. The number of aromatic nitrogens is 1. The van der Waals surface area contributed by atoms with Gasteiger partial charge in [-0.1, -0.05) is 32.6 Å². The number of nitrogen functional groups attached to an aromatic ring is 1. The number of anilines is 2. The summed E-state index contributed by atoms with van der Waals surface area (Å²) < 4.78 is 0. The molecule has 19 heavy (non-hydrogen) atoms. The number of nitrogens with one attached hydrogen (secondary N) is 1. The molecule has 4 nitrogen and oxygen atoms in total. The van der Waals surface area contributed by atoms with Crippen LogP contribution in [0.4, 0.5) is 11.5 Å². The zero-order chi connectivity index (χ0) is 13.7. The van der Waals surface area contributed by atoms with Gasteiger partial charge in [0.25, 0.3) is 0 Å². The summed E-state index contributed by atoms with van der Waals surface area (Å²) in [5, 5.41) is 12.2. The van der Waals surface area contributed by atoms with Gasteiger partial charge in [-0.25, -0.2) is 4.98 Å². The van der Waals surface area contributed by atoms with E-state index in [-0.39, 0.29) is 0 Å². The number of hydrogen-bond acceptors (Lipinski definition) is 4. The topological polar surface area (TPSA) is 74.7 Å². The fraction of sp³-hybridized carbons (Fsp3) is 0.600. The fourth-order valence-corrected chi connectivity index (χ4v) is 2.72. The van der Waals surface area contributed by atoms with Crippen LogP contribution in [-0.2, 0) is 0 Å². The lowest BCUT2D eigenvalue weighted by atomic mass is 9.81. The molecule has 1 aromatic rings. The Morgan fingerprint density at radius 3 is 2.84 bits per heavy atom. The van der Waals surface area contributed by atoms with Gasteiger partial charge in [0.15, 0.2) is 5.82 Å². The Morgan fingerprint density at radius 2 is 2.16 bits per heavy atom. The van der Waals surface area contributed by atoms with E-state index in [1.54, 1.807) is 12.3 Å². The molecule has 3 N–H and O–H groups in total. The third kappa shape index (κ3) is 3.60. The van der Waals surface area contributed by atoms with Crippen molar-refractivity contribution in [2.24, 2.45) is 11.8 Å². The maximum Gasteiger partial charge on any atom is 0.150 e. The van der Waals surface area contributed by atoms with E-state index in [0.717, 1.165) is 24.8 Å². The van der Waals surface area contributed by atoms with Crippen LogP contribution in [0.3, 0.4) is 0 Å². The average molecular weight is 258 g/mol. The monoisotopic (exact) mass is 258 g/mol. The zero-order valence-corrected chi connectivity index (χ0v) is 11.5. The molecular weight excluding hydrogens is 236 g/mol. The van der Waals surface area contributed by atoms with Crippen LogP contribution in [0.5, 0.6) is 0 Å². The van der Waals surface area contributed by atoms with E-state index in [0.29, 0.717) is 17.1 Å². The third-order valence-electron chi connectivity index (χ3n) is 4.09. The first-order chi connectivity index (χ1) is 9.20. The molecule has 0 amide bonds. The second-order valence-electron chi connectivity index (χ2n) is 5.57. The van der Waals surface area contributed by atoms with Crippen LogP contribution in [0, 0.1) is 23.2 Å². The largest absolute Gasteiger partial charge is 0.395 e. The Hall–Kier alpha value is -1.76. The van der Waals surface area contributed by atoms with Crippen molar-refractivity contribution in [3.05, 3.63) is 17.8 Å². The minimum atomic E-state index is 0.460. The molecule has 4 heteroatoms. The lowest BCUT2D eigenvalue weighted by Crippen LogP contribution is -2.16. The molecule has 0 spiro atoms. The molecule has 2 rings (SSSR count). The highest BCUT2D eigenvalue weighted by molar-refractivity contribution is 5.68. The average Bonchev–Trinajstić information content (AvgIpc) is 2.43. The predicted molar refractivity (Wildman–Crippen MR) is 77.6 cm³/mol. The summed E-state index contributed by atoms with van der Waals surface area (Å²) in [5.41, 5.74) is 6.83. The van der Waals surface area contributed by atoms with Crippen LogP contribution in [-0.4, -0.2) is 11.5 Å². The quantitative estimate of drug-likeness (QED) is 0.869. The maximum atomic E-state index is 8.91. The normalized spacial score (nSPS) is 22.7. The van der Waals surface area contributed by atoms with E-state index in [9.17, 15) is 0 Å². The predicted octanol–water partition coefficient (Wildman–Crippen LogP) is 3.16. The second kappa shape index (κ2) is 6.42. The Labute approximate surface area is 115 Å². The van der Waals surface area contributed by atoms with Gasteiger partial charge in [0, 0.05) is 12.7 Å². The molecule has 1 aliphatic carbocycles. The lowest BCUT2D eigenvalue weighted by Gasteiger charge is -2.26. The second-order valence-corrected chi connectivity index (χ2v) is 5.57. The summed E-state index contributed by atoms with van der Waals surface area (Å²) in [6.45, 7) is 3.22. The Kier molecular flexibility index (Phi) is 4.62. The van der Waals surface area contributed by atoms with Crippen LogP contribution in [0.25, 0.3) is 0 Å². The highest BCUT2D eigenvalue weighted by Crippen LogP contribution is 2.30. The van der Waals surface area contributed by atoms with Gasteiger partial charge in [-0.05, 0) is 24.3 Å². The van der Waals surface area contributed by atoms with Crippen molar-refractivity contribution >= 4 is 11.5 Å². The van der Waals surface area contributed by atoms with Crippen LogP contribution in [0.15, 0.2) is 12.3 Å². The molecule has 1 aliphatic rings. The smallest absolute Gasteiger partial charge is 0.150 e. The van der Waals surface area contributed by atoms with Gasteiger partial charge in [0.05, 0.1) is 11.3 Å². The first kappa shape index (κ1) is 13.7. The molecule has 102 valence electrons. The van der Waals surface area contributed by atoms with Crippen molar-refractivity contribution < 1.29 is 0 Å². The summed E-state index contributed by atoms with van der Waals surface area (Å²) in [6, 6.07) is 3.72. The van der Waals surface area contributed by atoms with Crippen molar-refractivity contribution in [1.29, 1.82) is 5.26 Å². The lowest BCUT2D eigenvalue weighted by molar-refractivity contribution is 0.282. The first-order valence-electron chi connectivity index (χ1n) is 7.09. The van der Waals surface area contributed by atoms with Crippen molar-refractivity contribution in [3.8, 4) is 6.07 Å². The van der Waals surface area contributed by atoms with Crippen molar-refractivity contribution in [2.45, 2.75) is 39.0 Å². The van der Waals surface area contributed by atoms with E-state index in [1.807, 2.05) is 0 Å². The van der Waals surface area contributed by atoms with Crippen molar-refractivity contribution in [2.75, 3.05) is 17.6 Å². The molecule has 0 radical (unpaired) electrons. The maximum absolute atomic E-state index is 8.91. The highest BCUT2D eigenvalue weighted by Gasteiger charge is 2.17. The molecule has 0 saturated heterocycles. The third-order valence-corrected chi connectivity index (χ3v) is 4.09. The van der Waals surface area contributed by atoms with Crippen molar-refractivity contribution in [3.63, 3.8) is 0 Å². The van der Waals surface area contributed by atoms with Gasteiger partial charge >= 0.3 is 0 Å². The number of nitriles is 1. The summed E-state index contributed by atoms with van der Waals surface area (Å²) >= 11 is 0. The molecule has 0 bridgehead atoms. The van der Waals surface area contributed by atoms with Gasteiger partial charge in [-0.2, -0.15) is 5.26 Å². The van der Waals surface area contributed by atoms with E-state index >= 15 is 0 Å². The summed E-state index contributed by atoms with van der Waals surface area (Å²) in [5.74, 6) is 2.36. The van der Waals surface area contributed by atoms with Crippen LogP contribution < -0.4 is 11.1 Å². The van der Waals surface area contributed by atoms with E-state index in [4.69, 9.17) is 11.0 Å². The van der Waals surface area contributed by atoms with Crippen LogP contribution in [0.1, 0.15) is 44.6 Å². The van der Waals surface area contributed by atoms with Crippen LogP contribution >= 0.6 is 0 Å². The number of nitrogens with zero attached hydrogens (tertiary/aromatic N) is 2. The SMILES string of the molecule is CC1CCC(CCNc2nccc(C#N)c2N)CC1. The molecule has 1 saturated carbocycles. The first-order valence-corrected chi connectivity index (χ1v) is 7.09. The summed E-state index contributed by atoms with van der Waals surface area (Å²) in [4.78, 5) is 4.19. The Morgan fingerprint density at radius 1 is 1.42 bits per heavy atom. The van der Waals surface area contributed by atoms with Gasteiger partial charge in [-0.3, -0.25) is 0 Å². The van der Waals surface area contributed by atoms with Crippen LogP contribution in [0.2, 0.25) is 0 Å². The number of rotatable bonds is 4. The molecular formula is C15H22N4. The van der Waals surface area contributed by atoms with E-state index in [2.05, 4.69) is 23.3 Å². The highest BCUT2D eigenvalue weighted by atomic mass is 15.0. The minimum Gasteiger partial charge on any atom is -0.395 e. The van der Waals surface area contributed by atoms with Gasteiger partial charge in [0.2, 0.25) is 0 Å². The Balaban J connectivity index is 1.81. The standard InChI is InChI=1S/C15H22N4/c1-11-2-4-12(5-3-11)6-8-18-15-14(17)13(10-16)7-9-19-15/h7,9,11-12H,2-6,8,17H2,1H3,(H,18,19). The molecule has 1 fully saturated rings.